The fourth-order valence-corrected chi connectivity index (χ4v) is 0.973. The lowest BCUT2D eigenvalue weighted by Gasteiger charge is -2.03. The molecule has 0 atom stereocenters. The average molecular weight is 204 g/mol. The van der Waals surface area contributed by atoms with Crippen LogP contribution in [0, 0.1) is 13.8 Å². The second-order valence-corrected chi connectivity index (χ2v) is 2.62. The lowest BCUT2D eigenvalue weighted by atomic mass is 10.4. The number of hydrogen-bond acceptors (Lipinski definition) is 4. The van der Waals surface area contributed by atoms with Crippen LogP contribution in [-0.2, 0) is 0 Å². The molecular weight excluding hydrogens is 190 g/mol. The van der Waals surface area contributed by atoms with Gasteiger partial charge in [-0.2, -0.15) is 0 Å². The molecule has 0 radical (unpaired) electrons. The normalized spacial score (nSPS) is 9.15. The van der Waals surface area contributed by atoms with E-state index in [-0.39, 0.29) is 19.0 Å². The van der Waals surface area contributed by atoms with Gasteiger partial charge in [0.05, 0.1) is 6.61 Å². The van der Waals surface area contributed by atoms with Crippen molar-refractivity contribution < 1.29 is 5.11 Å². The zero-order chi connectivity index (χ0) is 8.97. The molecule has 1 aromatic rings. The fourth-order valence-electron chi connectivity index (χ4n) is 0.973. The van der Waals surface area contributed by atoms with Crippen molar-refractivity contribution in [1.29, 1.82) is 0 Å². The van der Waals surface area contributed by atoms with Gasteiger partial charge in [-0.15, -0.1) is 12.4 Å². The summed E-state index contributed by atoms with van der Waals surface area (Å²) in [6.45, 7) is 4.41. The van der Waals surface area contributed by atoms with Crippen molar-refractivity contribution in [3.05, 3.63) is 17.5 Å². The predicted octanol–water partition coefficient (Wildman–Crippen LogP) is 0.919. The maximum atomic E-state index is 8.55. The zero-order valence-corrected chi connectivity index (χ0v) is 8.56. The molecule has 1 aromatic heterocycles. The number of aromatic nitrogens is 2. The molecule has 1 rings (SSSR count). The van der Waals surface area contributed by atoms with E-state index < -0.39 is 0 Å². The third kappa shape index (κ3) is 4.05. The Balaban J connectivity index is 0.00000144. The molecule has 74 valence electrons. The number of halogens is 1. The Kier molecular flexibility index (Phi) is 5.34. The van der Waals surface area contributed by atoms with Gasteiger partial charge in [0.2, 0.25) is 5.95 Å². The number of aliphatic hydroxyl groups excluding tert-OH is 1. The number of rotatable bonds is 3. The molecule has 0 bridgehead atoms. The molecule has 0 aliphatic carbocycles. The van der Waals surface area contributed by atoms with Crippen molar-refractivity contribution >= 4 is 18.4 Å². The number of hydrogen-bond donors (Lipinski definition) is 2. The number of aliphatic hydroxyl groups is 1. The minimum atomic E-state index is 0. The van der Waals surface area contributed by atoms with E-state index in [4.69, 9.17) is 5.11 Å². The Morgan fingerprint density at radius 1 is 1.31 bits per heavy atom. The Morgan fingerprint density at radius 3 is 2.31 bits per heavy atom. The van der Waals surface area contributed by atoms with Gasteiger partial charge in [0, 0.05) is 17.9 Å². The van der Waals surface area contributed by atoms with E-state index in [1.54, 1.807) is 0 Å². The molecule has 0 aliphatic heterocycles. The zero-order valence-electron chi connectivity index (χ0n) is 7.74. The van der Waals surface area contributed by atoms with Crippen molar-refractivity contribution in [1.82, 2.24) is 9.97 Å². The van der Waals surface area contributed by atoms with Crippen molar-refractivity contribution in [3.63, 3.8) is 0 Å². The highest BCUT2D eigenvalue weighted by molar-refractivity contribution is 5.85. The topological polar surface area (TPSA) is 58.0 Å². The monoisotopic (exact) mass is 203 g/mol. The summed E-state index contributed by atoms with van der Waals surface area (Å²) in [5.74, 6) is 0.585. The summed E-state index contributed by atoms with van der Waals surface area (Å²) in [7, 11) is 0. The van der Waals surface area contributed by atoms with Crippen molar-refractivity contribution in [3.8, 4) is 0 Å². The third-order valence-corrected chi connectivity index (χ3v) is 1.38. The van der Waals surface area contributed by atoms with Crippen LogP contribution in [0.15, 0.2) is 6.07 Å². The number of nitrogens with one attached hydrogen (secondary N) is 1. The quantitative estimate of drug-likeness (QED) is 0.767. The van der Waals surface area contributed by atoms with Gasteiger partial charge in [0.25, 0.3) is 0 Å². The van der Waals surface area contributed by atoms with Crippen LogP contribution in [-0.4, -0.2) is 28.2 Å². The van der Waals surface area contributed by atoms with Crippen molar-refractivity contribution in [2.45, 2.75) is 13.8 Å². The van der Waals surface area contributed by atoms with Gasteiger partial charge in [-0.1, -0.05) is 0 Å². The third-order valence-electron chi connectivity index (χ3n) is 1.38. The molecule has 0 aliphatic rings. The maximum absolute atomic E-state index is 8.55. The Morgan fingerprint density at radius 2 is 1.85 bits per heavy atom. The smallest absolute Gasteiger partial charge is 0.223 e. The molecule has 0 aromatic carbocycles. The van der Waals surface area contributed by atoms with Gasteiger partial charge >= 0.3 is 0 Å². The van der Waals surface area contributed by atoms with Gasteiger partial charge in [-0.3, -0.25) is 0 Å². The second-order valence-electron chi connectivity index (χ2n) is 2.62. The van der Waals surface area contributed by atoms with Crippen LogP contribution < -0.4 is 5.32 Å². The molecule has 0 saturated heterocycles. The van der Waals surface area contributed by atoms with Crippen LogP contribution in [0.3, 0.4) is 0 Å². The van der Waals surface area contributed by atoms with Crippen LogP contribution in [0.5, 0.6) is 0 Å². The van der Waals surface area contributed by atoms with Crippen LogP contribution in [0.2, 0.25) is 0 Å². The minimum Gasteiger partial charge on any atom is -0.395 e. The Hall–Kier alpha value is -0.870. The van der Waals surface area contributed by atoms with Gasteiger partial charge in [0.15, 0.2) is 0 Å². The van der Waals surface area contributed by atoms with E-state index in [0.29, 0.717) is 12.5 Å². The molecule has 0 spiro atoms. The number of anilines is 1. The average Bonchev–Trinajstić information content (AvgIpc) is 1.99. The molecule has 1 heterocycles. The lowest BCUT2D eigenvalue weighted by molar-refractivity contribution is 0.310. The van der Waals surface area contributed by atoms with Crippen molar-refractivity contribution in [2.24, 2.45) is 0 Å². The first-order valence-electron chi connectivity index (χ1n) is 3.89. The predicted molar refractivity (Wildman–Crippen MR) is 54.3 cm³/mol. The van der Waals surface area contributed by atoms with E-state index >= 15 is 0 Å². The van der Waals surface area contributed by atoms with Gasteiger partial charge < -0.3 is 10.4 Å². The van der Waals surface area contributed by atoms with E-state index in [1.807, 2.05) is 19.9 Å². The summed E-state index contributed by atoms with van der Waals surface area (Å²) in [5, 5.41) is 11.5. The first kappa shape index (κ1) is 12.1. The Labute approximate surface area is 83.8 Å². The highest BCUT2D eigenvalue weighted by Gasteiger charge is 1.96. The summed E-state index contributed by atoms with van der Waals surface area (Å²) >= 11 is 0. The molecule has 0 unspecified atom stereocenters. The highest BCUT2D eigenvalue weighted by Crippen LogP contribution is 2.02. The van der Waals surface area contributed by atoms with Gasteiger partial charge in [-0.25, -0.2) is 9.97 Å². The standard InChI is InChI=1S/C8H13N3O.ClH/c1-6-5-7(2)11-8(10-6)9-3-4-12;/h5,12H,3-4H2,1-2H3,(H,9,10,11);1H. The maximum Gasteiger partial charge on any atom is 0.223 e. The van der Waals surface area contributed by atoms with Gasteiger partial charge in [0.1, 0.15) is 0 Å². The molecule has 0 amide bonds. The van der Waals surface area contributed by atoms with Crippen molar-refractivity contribution in [2.75, 3.05) is 18.5 Å². The largest absolute Gasteiger partial charge is 0.395 e. The van der Waals surface area contributed by atoms with Crippen LogP contribution in [0.1, 0.15) is 11.4 Å². The SMILES string of the molecule is Cc1cc(C)nc(NCCO)n1.Cl. The lowest BCUT2D eigenvalue weighted by Crippen LogP contribution is -2.09. The summed E-state index contributed by atoms with van der Waals surface area (Å²) < 4.78 is 0. The Bertz CT molecular complexity index is 247. The summed E-state index contributed by atoms with van der Waals surface area (Å²) in [5.41, 5.74) is 1.87. The van der Waals surface area contributed by atoms with E-state index in [2.05, 4.69) is 15.3 Å². The molecule has 0 saturated carbocycles. The molecular formula is C8H14ClN3O. The first-order chi connectivity index (χ1) is 5.72. The fraction of sp³-hybridized carbons (Fsp3) is 0.500. The second kappa shape index (κ2) is 5.72. The van der Waals surface area contributed by atoms with Gasteiger partial charge in [-0.05, 0) is 19.9 Å². The number of nitrogens with zero attached hydrogens (tertiary/aromatic N) is 2. The van der Waals surface area contributed by atoms with Crippen LogP contribution >= 0.6 is 12.4 Å². The van der Waals surface area contributed by atoms with E-state index in [0.717, 1.165) is 11.4 Å². The van der Waals surface area contributed by atoms with E-state index in [9.17, 15) is 0 Å². The molecule has 5 heteroatoms. The molecule has 0 fully saturated rings. The molecule has 13 heavy (non-hydrogen) atoms. The summed E-state index contributed by atoms with van der Waals surface area (Å²) in [4.78, 5) is 8.28. The summed E-state index contributed by atoms with van der Waals surface area (Å²) in [6.07, 6.45) is 0. The van der Waals surface area contributed by atoms with E-state index in [1.165, 1.54) is 0 Å². The molecule has 4 nitrogen and oxygen atoms in total. The van der Waals surface area contributed by atoms with Crippen LogP contribution in [0.25, 0.3) is 0 Å². The summed E-state index contributed by atoms with van der Waals surface area (Å²) in [6, 6.07) is 1.91. The number of aryl methyl sites for hydroxylation is 2. The molecule has 2 N–H and O–H groups in total. The first-order valence-corrected chi connectivity index (χ1v) is 3.89. The highest BCUT2D eigenvalue weighted by atomic mass is 35.5. The van der Waals surface area contributed by atoms with Crippen LogP contribution in [0.4, 0.5) is 5.95 Å². The minimum absolute atomic E-state index is 0.